The predicted molar refractivity (Wildman–Crippen MR) is 80.9 cm³/mol. The van der Waals surface area contributed by atoms with Gasteiger partial charge in [-0.05, 0) is 30.4 Å². The second-order valence-electron chi connectivity index (χ2n) is 4.44. The zero-order valence-corrected chi connectivity index (χ0v) is 12.1. The molecule has 7 heteroatoms. The van der Waals surface area contributed by atoms with Crippen molar-refractivity contribution in [3.63, 3.8) is 0 Å². The van der Waals surface area contributed by atoms with Gasteiger partial charge in [-0.2, -0.15) is 13.2 Å². The Morgan fingerprint density at radius 3 is 2.32 bits per heavy atom. The normalized spacial score (nSPS) is 11.1. The van der Waals surface area contributed by atoms with E-state index in [1.165, 1.54) is 24.3 Å². The molecule has 0 saturated carbocycles. The summed E-state index contributed by atoms with van der Waals surface area (Å²) in [5.74, 6) is -0.409. The van der Waals surface area contributed by atoms with E-state index in [4.69, 9.17) is 12.2 Å². The molecule has 0 saturated heterocycles. The first-order chi connectivity index (χ1) is 10.4. The standard InChI is InChI=1S/C15H12F4N2S/c16-12-7-3-1-5-10(12)9-20-14(22)21-13-8-4-2-6-11(13)15(17,18)19/h1-8H,9H2,(H2,20,21,22). The molecule has 2 rings (SSSR count). The molecule has 0 aromatic heterocycles. The van der Waals surface area contributed by atoms with Crippen LogP contribution in [-0.2, 0) is 12.7 Å². The molecule has 2 nitrogen and oxygen atoms in total. The van der Waals surface area contributed by atoms with E-state index in [0.717, 1.165) is 6.07 Å². The molecule has 0 atom stereocenters. The minimum Gasteiger partial charge on any atom is -0.358 e. The Labute approximate surface area is 130 Å². The molecule has 22 heavy (non-hydrogen) atoms. The van der Waals surface area contributed by atoms with Crippen LogP contribution in [0, 0.1) is 5.82 Å². The second-order valence-corrected chi connectivity index (χ2v) is 4.85. The van der Waals surface area contributed by atoms with Crippen LogP contribution in [0.5, 0.6) is 0 Å². The van der Waals surface area contributed by atoms with Gasteiger partial charge in [-0.3, -0.25) is 0 Å². The Hall–Kier alpha value is -2.15. The van der Waals surface area contributed by atoms with Crippen LogP contribution in [0.1, 0.15) is 11.1 Å². The van der Waals surface area contributed by atoms with Crippen LogP contribution in [0.2, 0.25) is 0 Å². The molecule has 0 amide bonds. The van der Waals surface area contributed by atoms with Crippen molar-refractivity contribution in [2.24, 2.45) is 0 Å². The number of hydrogen-bond acceptors (Lipinski definition) is 1. The molecular formula is C15H12F4N2S. The van der Waals surface area contributed by atoms with E-state index in [-0.39, 0.29) is 17.3 Å². The number of thiocarbonyl (C=S) groups is 1. The number of alkyl halides is 3. The molecule has 2 aromatic rings. The summed E-state index contributed by atoms with van der Waals surface area (Å²) in [6.07, 6.45) is -4.48. The smallest absolute Gasteiger partial charge is 0.358 e. The fourth-order valence-electron chi connectivity index (χ4n) is 1.82. The summed E-state index contributed by atoms with van der Waals surface area (Å²) in [7, 11) is 0. The Morgan fingerprint density at radius 2 is 1.64 bits per heavy atom. The first-order valence-electron chi connectivity index (χ1n) is 6.32. The third-order valence-electron chi connectivity index (χ3n) is 2.88. The van der Waals surface area contributed by atoms with Crippen LogP contribution in [0.3, 0.4) is 0 Å². The van der Waals surface area contributed by atoms with Gasteiger partial charge >= 0.3 is 6.18 Å². The maximum atomic E-state index is 13.4. The number of anilines is 1. The molecule has 116 valence electrons. The Bertz CT molecular complexity index is 671. The van der Waals surface area contributed by atoms with Crippen LogP contribution < -0.4 is 10.6 Å². The molecule has 0 aliphatic carbocycles. The topological polar surface area (TPSA) is 24.1 Å². The predicted octanol–water partition coefficient (Wildman–Crippen LogP) is 4.33. The van der Waals surface area contributed by atoms with E-state index in [0.29, 0.717) is 5.56 Å². The fraction of sp³-hybridized carbons (Fsp3) is 0.133. The van der Waals surface area contributed by atoms with Crippen molar-refractivity contribution in [1.82, 2.24) is 5.32 Å². The Morgan fingerprint density at radius 1 is 1.00 bits per heavy atom. The SMILES string of the molecule is Fc1ccccc1CNC(=S)Nc1ccccc1C(F)(F)F. The molecule has 0 aliphatic heterocycles. The Balaban J connectivity index is 2.03. The van der Waals surface area contributed by atoms with Gasteiger partial charge in [0.05, 0.1) is 11.3 Å². The summed E-state index contributed by atoms with van der Waals surface area (Å²) in [6, 6.07) is 11.1. The maximum absolute atomic E-state index is 13.4. The van der Waals surface area contributed by atoms with Gasteiger partial charge in [0.25, 0.3) is 0 Å². The molecule has 0 fully saturated rings. The highest BCUT2D eigenvalue weighted by atomic mass is 32.1. The number of halogens is 4. The van der Waals surface area contributed by atoms with Crippen molar-refractivity contribution < 1.29 is 17.6 Å². The van der Waals surface area contributed by atoms with Gasteiger partial charge in [-0.25, -0.2) is 4.39 Å². The first-order valence-corrected chi connectivity index (χ1v) is 6.73. The molecular weight excluding hydrogens is 316 g/mol. The van der Waals surface area contributed by atoms with Gasteiger partial charge in [-0.1, -0.05) is 30.3 Å². The number of nitrogens with one attached hydrogen (secondary N) is 2. The number of rotatable bonds is 3. The third-order valence-corrected chi connectivity index (χ3v) is 3.12. The molecule has 0 heterocycles. The third kappa shape index (κ3) is 4.17. The molecule has 2 aromatic carbocycles. The van der Waals surface area contributed by atoms with Crippen molar-refractivity contribution in [2.45, 2.75) is 12.7 Å². The summed E-state index contributed by atoms with van der Waals surface area (Å²) in [5.41, 5.74) is -0.596. The van der Waals surface area contributed by atoms with Crippen molar-refractivity contribution in [2.75, 3.05) is 5.32 Å². The van der Waals surface area contributed by atoms with Crippen molar-refractivity contribution >= 4 is 23.0 Å². The van der Waals surface area contributed by atoms with Gasteiger partial charge in [0.2, 0.25) is 0 Å². The maximum Gasteiger partial charge on any atom is 0.418 e. The van der Waals surface area contributed by atoms with E-state index in [9.17, 15) is 17.6 Å². The summed E-state index contributed by atoms with van der Waals surface area (Å²) >= 11 is 4.95. The average molecular weight is 328 g/mol. The summed E-state index contributed by atoms with van der Waals surface area (Å²) < 4.78 is 52.0. The zero-order chi connectivity index (χ0) is 16.2. The lowest BCUT2D eigenvalue weighted by Gasteiger charge is -2.15. The minimum atomic E-state index is -4.48. The van der Waals surface area contributed by atoms with E-state index >= 15 is 0 Å². The van der Waals surface area contributed by atoms with Gasteiger partial charge in [0.15, 0.2) is 5.11 Å². The quantitative estimate of drug-likeness (QED) is 0.648. The van der Waals surface area contributed by atoms with Gasteiger partial charge in [-0.15, -0.1) is 0 Å². The number of hydrogen-bond donors (Lipinski definition) is 2. The number of para-hydroxylation sites is 1. The molecule has 0 unspecified atom stereocenters. The lowest BCUT2D eigenvalue weighted by Crippen LogP contribution is -2.29. The largest absolute Gasteiger partial charge is 0.418 e. The zero-order valence-electron chi connectivity index (χ0n) is 11.2. The lowest BCUT2D eigenvalue weighted by atomic mass is 10.1. The summed E-state index contributed by atoms with van der Waals surface area (Å²) in [5, 5.41) is 5.15. The minimum absolute atomic E-state index is 0.0139. The van der Waals surface area contributed by atoms with E-state index in [1.807, 2.05) is 0 Å². The van der Waals surface area contributed by atoms with Crippen molar-refractivity contribution in [1.29, 1.82) is 0 Å². The highest BCUT2D eigenvalue weighted by molar-refractivity contribution is 7.80. The first kappa shape index (κ1) is 16.2. The Kier molecular flexibility index (Phi) is 4.97. The van der Waals surface area contributed by atoms with Crippen LogP contribution >= 0.6 is 12.2 Å². The second kappa shape index (κ2) is 6.74. The molecule has 0 radical (unpaired) electrons. The number of benzene rings is 2. The van der Waals surface area contributed by atoms with Crippen LogP contribution in [0.25, 0.3) is 0 Å². The van der Waals surface area contributed by atoms with E-state index < -0.39 is 17.6 Å². The summed E-state index contributed by atoms with van der Waals surface area (Å²) in [4.78, 5) is 0. The van der Waals surface area contributed by atoms with Gasteiger partial charge in [0.1, 0.15) is 5.82 Å². The molecule has 0 aliphatic rings. The monoisotopic (exact) mass is 328 g/mol. The van der Waals surface area contributed by atoms with E-state index in [1.54, 1.807) is 18.2 Å². The van der Waals surface area contributed by atoms with Crippen LogP contribution in [-0.4, -0.2) is 5.11 Å². The summed E-state index contributed by atoms with van der Waals surface area (Å²) in [6.45, 7) is 0.0761. The van der Waals surface area contributed by atoms with Gasteiger partial charge < -0.3 is 10.6 Å². The van der Waals surface area contributed by atoms with Crippen molar-refractivity contribution in [3.8, 4) is 0 Å². The highest BCUT2D eigenvalue weighted by Gasteiger charge is 2.33. The molecule has 0 spiro atoms. The van der Waals surface area contributed by atoms with Crippen molar-refractivity contribution in [3.05, 3.63) is 65.5 Å². The van der Waals surface area contributed by atoms with E-state index in [2.05, 4.69) is 10.6 Å². The van der Waals surface area contributed by atoms with Crippen LogP contribution in [0.4, 0.5) is 23.2 Å². The fourth-order valence-corrected chi connectivity index (χ4v) is 2.01. The molecule has 2 N–H and O–H groups in total. The van der Waals surface area contributed by atoms with Gasteiger partial charge in [0, 0.05) is 12.1 Å². The lowest BCUT2D eigenvalue weighted by molar-refractivity contribution is -0.136. The van der Waals surface area contributed by atoms with Crippen LogP contribution in [0.15, 0.2) is 48.5 Å². The highest BCUT2D eigenvalue weighted by Crippen LogP contribution is 2.34. The average Bonchev–Trinajstić information content (AvgIpc) is 2.46. The molecule has 0 bridgehead atoms.